The summed E-state index contributed by atoms with van der Waals surface area (Å²) in [5.74, 6) is 0.619. The van der Waals surface area contributed by atoms with Crippen molar-refractivity contribution in [3.8, 4) is 0 Å². The summed E-state index contributed by atoms with van der Waals surface area (Å²) in [4.78, 5) is 0. The predicted molar refractivity (Wildman–Crippen MR) is 59.2 cm³/mol. The maximum Gasteiger partial charge on any atom is 0.0661 e. The first-order chi connectivity index (χ1) is 6.88. The number of nitrogens with zero attached hydrogens (tertiary/aromatic N) is 2. The van der Waals surface area contributed by atoms with E-state index in [1.807, 2.05) is 6.07 Å². The van der Waals surface area contributed by atoms with Gasteiger partial charge < -0.3 is 0 Å². The number of rotatable bonds is 6. The van der Waals surface area contributed by atoms with Crippen molar-refractivity contribution in [1.82, 2.24) is 10.2 Å². The van der Waals surface area contributed by atoms with E-state index in [-0.39, 0.29) is 0 Å². The molecular weight excluding hydrogens is 172 g/mol. The lowest BCUT2D eigenvalue weighted by Gasteiger charge is -2.13. The van der Waals surface area contributed by atoms with Gasteiger partial charge in [0.2, 0.25) is 0 Å². The second-order valence-corrected chi connectivity index (χ2v) is 3.78. The molecule has 1 atom stereocenters. The van der Waals surface area contributed by atoms with E-state index in [1.54, 1.807) is 6.20 Å². The lowest BCUT2D eigenvalue weighted by molar-refractivity contribution is 0.525. The molecule has 0 N–H and O–H groups in total. The molecule has 78 valence electrons. The highest BCUT2D eigenvalue weighted by Crippen LogP contribution is 2.24. The summed E-state index contributed by atoms with van der Waals surface area (Å²) in [6.07, 6.45) is 8.01. The van der Waals surface area contributed by atoms with Crippen LogP contribution in [0.25, 0.3) is 0 Å². The molecule has 2 nitrogen and oxygen atoms in total. The van der Waals surface area contributed by atoms with Gasteiger partial charge in [0.1, 0.15) is 0 Å². The van der Waals surface area contributed by atoms with Crippen LogP contribution >= 0.6 is 0 Å². The standard InChI is InChI=1S/C12H20N2/c1-3-5-8-11(7-4-2)12-9-6-10-13-14-12/h6,9-11H,3-5,7-8H2,1-2H3. The summed E-state index contributed by atoms with van der Waals surface area (Å²) in [5, 5.41) is 8.15. The van der Waals surface area contributed by atoms with Crippen LogP contribution in [0.4, 0.5) is 0 Å². The largest absolute Gasteiger partial charge is 0.159 e. The maximum atomic E-state index is 4.20. The Morgan fingerprint density at radius 3 is 2.64 bits per heavy atom. The van der Waals surface area contributed by atoms with Gasteiger partial charge in [0.05, 0.1) is 5.69 Å². The van der Waals surface area contributed by atoms with Crippen molar-refractivity contribution in [1.29, 1.82) is 0 Å². The third-order valence-electron chi connectivity index (χ3n) is 2.55. The number of aromatic nitrogens is 2. The SMILES string of the molecule is CCCCC(CCC)c1cccnn1. The molecule has 0 aromatic carbocycles. The molecule has 2 heteroatoms. The first-order valence-electron chi connectivity index (χ1n) is 5.66. The summed E-state index contributed by atoms with van der Waals surface area (Å²) in [6.45, 7) is 4.47. The fourth-order valence-corrected chi connectivity index (χ4v) is 1.77. The van der Waals surface area contributed by atoms with Crippen LogP contribution in [0.1, 0.15) is 57.6 Å². The van der Waals surface area contributed by atoms with E-state index in [4.69, 9.17) is 0 Å². The highest BCUT2D eigenvalue weighted by molar-refractivity contribution is 5.05. The Balaban J connectivity index is 2.58. The fraction of sp³-hybridized carbons (Fsp3) is 0.667. The summed E-state index contributed by atoms with van der Waals surface area (Å²) in [5.41, 5.74) is 1.17. The van der Waals surface area contributed by atoms with E-state index in [0.29, 0.717) is 5.92 Å². The first-order valence-corrected chi connectivity index (χ1v) is 5.66. The highest BCUT2D eigenvalue weighted by Gasteiger charge is 2.10. The van der Waals surface area contributed by atoms with Gasteiger partial charge in [-0.25, -0.2) is 0 Å². The molecule has 0 saturated heterocycles. The van der Waals surface area contributed by atoms with Gasteiger partial charge in [-0.3, -0.25) is 0 Å². The molecular formula is C12H20N2. The third kappa shape index (κ3) is 3.44. The summed E-state index contributed by atoms with van der Waals surface area (Å²) in [6, 6.07) is 4.08. The van der Waals surface area contributed by atoms with Crippen LogP contribution in [-0.2, 0) is 0 Å². The molecule has 0 aliphatic heterocycles. The van der Waals surface area contributed by atoms with Crippen molar-refractivity contribution in [2.45, 2.75) is 51.9 Å². The minimum absolute atomic E-state index is 0.619. The average molecular weight is 192 g/mol. The monoisotopic (exact) mass is 192 g/mol. The molecule has 1 unspecified atom stereocenters. The quantitative estimate of drug-likeness (QED) is 0.688. The lowest BCUT2D eigenvalue weighted by Crippen LogP contribution is -2.02. The van der Waals surface area contributed by atoms with Crippen molar-refractivity contribution in [2.75, 3.05) is 0 Å². The van der Waals surface area contributed by atoms with Crippen LogP contribution in [0.2, 0.25) is 0 Å². The van der Waals surface area contributed by atoms with Gasteiger partial charge in [-0.15, -0.1) is 0 Å². The van der Waals surface area contributed by atoms with Crippen LogP contribution in [0.3, 0.4) is 0 Å². The number of unbranched alkanes of at least 4 members (excludes halogenated alkanes) is 1. The van der Waals surface area contributed by atoms with E-state index >= 15 is 0 Å². The van der Waals surface area contributed by atoms with Gasteiger partial charge in [-0.1, -0.05) is 33.1 Å². The normalized spacial score (nSPS) is 12.7. The molecule has 0 bridgehead atoms. The molecule has 1 rings (SSSR count). The van der Waals surface area contributed by atoms with Crippen LogP contribution in [0, 0.1) is 0 Å². The highest BCUT2D eigenvalue weighted by atomic mass is 15.1. The molecule has 1 heterocycles. The molecule has 0 fully saturated rings. The van der Waals surface area contributed by atoms with E-state index in [9.17, 15) is 0 Å². The zero-order chi connectivity index (χ0) is 10.2. The molecule has 0 saturated carbocycles. The van der Waals surface area contributed by atoms with Gasteiger partial charge in [0, 0.05) is 12.1 Å². The molecule has 0 radical (unpaired) electrons. The van der Waals surface area contributed by atoms with Crippen LogP contribution in [-0.4, -0.2) is 10.2 Å². The Bertz CT molecular complexity index is 233. The summed E-state index contributed by atoms with van der Waals surface area (Å²) >= 11 is 0. The van der Waals surface area contributed by atoms with Crippen molar-refractivity contribution >= 4 is 0 Å². The van der Waals surface area contributed by atoms with Crippen LogP contribution in [0.15, 0.2) is 18.3 Å². The van der Waals surface area contributed by atoms with Crippen LogP contribution < -0.4 is 0 Å². The summed E-state index contributed by atoms with van der Waals surface area (Å²) < 4.78 is 0. The number of hydrogen-bond donors (Lipinski definition) is 0. The Morgan fingerprint density at radius 1 is 1.21 bits per heavy atom. The Hall–Kier alpha value is -0.920. The van der Waals surface area contributed by atoms with Gasteiger partial charge >= 0.3 is 0 Å². The third-order valence-corrected chi connectivity index (χ3v) is 2.55. The fourth-order valence-electron chi connectivity index (χ4n) is 1.77. The second kappa shape index (κ2) is 6.52. The Labute approximate surface area is 86.8 Å². The first kappa shape index (κ1) is 11.2. The molecule has 14 heavy (non-hydrogen) atoms. The lowest BCUT2D eigenvalue weighted by atomic mass is 9.94. The maximum absolute atomic E-state index is 4.20. The van der Waals surface area contributed by atoms with Gasteiger partial charge in [0.15, 0.2) is 0 Å². The van der Waals surface area contributed by atoms with Crippen LogP contribution in [0.5, 0.6) is 0 Å². The van der Waals surface area contributed by atoms with Crippen molar-refractivity contribution in [2.24, 2.45) is 0 Å². The minimum atomic E-state index is 0.619. The van der Waals surface area contributed by atoms with Crippen molar-refractivity contribution < 1.29 is 0 Å². The molecule has 0 amide bonds. The summed E-state index contributed by atoms with van der Waals surface area (Å²) in [7, 11) is 0. The molecule has 1 aromatic heterocycles. The predicted octanol–water partition coefficient (Wildman–Crippen LogP) is 3.55. The van der Waals surface area contributed by atoms with Gasteiger partial charge in [-0.05, 0) is 25.0 Å². The smallest absolute Gasteiger partial charge is 0.0661 e. The van der Waals surface area contributed by atoms with E-state index in [0.717, 1.165) is 0 Å². The topological polar surface area (TPSA) is 25.8 Å². The van der Waals surface area contributed by atoms with Gasteiger partial charge in [-0.2, -0.15) is 10.2 Å². The zero-order valence-electron chi connectivity index (χ0n) is 9.24. The second-order valence-electron chi connectivity index (χ2n) is 3.78. The molecule has 0 spiro atoms. The number of hydrogen-bond acceptors (Lipinski definition) is 2. The zero-order valence-corrected chi connectivity index (χ0v) is 9.24. The van der Waals surface area contributed by atoms with Crippen molar-refractivity contribution in [3.63, 3.8) is 0 Å². The Morgan fingerprint density at radius 2 is 2.07 bits per heavy atom. The van der Waals surface area contributed by atoms with E-state index < -0.39 is 0 Å². The molecule has 0 aliphatic rings. The molecule has 1 aromatic rings. The van der Waals surface area contributed by atoms with E-state index in [2.05, 4.69) is 30.1 Å². The Kier molecular flexibility index (Phi) is 5.20. The van der Waals surface area contributed by atoms with E-state index in [1.165, 1.54) is 37.8 Å². The average Bonchev–Trinajstić information content (AvgIpc) is 2.25. The molecule has 0 aliphatic carbocycles. The minimum Gasteiger partial charge on any atom is -0.159 e. The van der Waals surface area contributed by atoms with Gasteiger partial charge in [0.25, 0.3) is 0 Å². The van der Waals surface area contributed by atoms with Crippen molar-refractivity contribution in [3.05, 3.63) is 24.0 Å².